The second-order valence-corrected chi connectivity index (χ2v) is 6.94. The lowest BCUT2D eigenvalue weighted by Gasteiger charge is -2.31. The van der Waals surface area contributed by atoms with Crippen LogP contribution in [0.3, 0.4) is 0 Å². The number of benzene rings is 1. The number of fused-ring (bicyclic) bond motifs is 1. The van der Waals surface area contributed by atoms with Gasteiger partial charge in [0.2, 0.25) is 5.91 Å². The van der Waals surface area contributed by atoms with Gasteiger partial charge in [-0.3, -0.25) is 14.5 Å². The number of amides is 2. The van der Waals surface area contributed by atoms with Crippen LogP contribution in [0, 0.1) is 0 Å². The fourth-order valence-corrected chi connectivity index (χ4v) is 3.37. The topological polar surface area (TPSA) is 70.7 Å². The Bertz CT molecular complexity index is 623. The van der Waals surface area contributed by atoms with Gasteiger partial charge >= 0.3 is 0 Å². The first-order valence-corrected chi connectivity index (χ1v) is 8.57. The molecule has 2 aliphatic rings. The van der Waals surface area contributed by atoms with Crippen molar-refractivity contribution in [3.05, 3.63) is 22.7 Å². The van der Waals surface area contributed by atoms with Crippen molar-refractivity contribution >= 4 is 33.4 Å². The minimum atomic E-state index is -0.200. The molecule has 0 aliphatic carbocycles. The van der Waals surface area contributed by atoms with E-state index >= 15 is 0 Å². The molecule has 0 aromatic heterocycles. The molecular formula is C16H20BrN3O3. The van der Waals surface area contributed by atoms with E-state index in [1.165, 1.54) is 4.90 Å². The summed E-state index contributed by atoms with van der Waals surface area (Å²) in [4.78, 5) is 25.9. The van der Waals surface area contributed by atoms with Crippen molar-refractivity contribution in [2.45, 2.75) is 31.8 Å². The van der Waals surface area contributed by atoms with E-state index in [4.69, 9.17) is 4.74 Å². The molecule has 6 nitrogen and oxygen atoms in total. The normalized spacial score (nSPS) is 23.9. The molecule has 2 amide bonds. The number of halogens is 1. The first kappa shape index (κ1) is 16.3. The molecule has 7 heteroatoms. The average molecular weight is 382 g/mol. The Labute approximate surface area is 143 Å². The molecule has 1 aromatic carbocycles. The smallest absolute Gasteiger partial charge is 0.265 e. The average Bonchev–Trinajstić information content (AvgIpc) is 2.50. The van der Waals surface area contributed by atoms with E-state index in [1.54, 1.807) is 12.1 Å². The van der Waals surface area contributed by atoms with Gasteiger partial charge in [0.25, 0.3) is 5.91 Å². The molecule has 0 saturated carbocycles. The third-order valence-electron chi connectivity index (χ3n) is 4.16. The highest BCUT2D eigenvalue weighted by molar-refractivity contribution is 9.10. The molecule has 1 aromatic rings. The maximum Gasteiger partial charge on any atom is 0.265 e. The Kier molecular flexibility index (Phi) is 4.87. The van der Waals surface area contributed by atoms with Crippen molar-refractivity contribution in [2.75, 3.05) is 24.6 Å². The molecule has 0 spiro atoms. The third-order valence-corrected chi connectivity index (χ3v) is 4.65. The van der Waals surface area contributed by atoms with Crippen LogP contribution in [0.15, 0.2) is 22.7 Å². The van der Waals surface area contributed by atoms with Gasteiger partial charge in [-0.2, -0.15) is 0 Å². The number of rotatable bonds is 3. The van der Waals surface area contributed by atoms with Crippen LogP contribution < -0.4 is 20.3 Å². The maximum atomic E-state index is 12.3. The Morgan fingerprint density at radius 3 is 3.13 bits per heavy atom. The van der Waals surface area contributed by atoms with Crippen LogP contribution in [0.5, 0.6) is 5.75 Å². The summed E-state index contributed by atoms with van der Waals surface area (Å²) < 4.78 is 6.31. The van der Waals surface area contributed by atoms with Crippen molar-refractivity contribution < 1.29 is 14.3 Å². The van der Waals surface area contributed by atoms with Crippen molar-refractivity contribution in [1.82, 2.24) is 10.6 Å². The molecule has 0 radical (unpaired) electrons. The van der Waals surface area contributed by atoms with Crippen LogP contribution >= 0.6 is 15.9 Å². The van der Waals surface area contributed by atoms with Crippen LogP contribution in [-0.4, -0.2) is 43.6 Å². The number of carbonyl (C=O) groups excluding carboxylic acids is 2. The van der Waals surface area contributed by atoms with Crippen LogP contribution in [0.2, 0.25) is 0 Å². The highest BCUT2D eigenvalue weighted by Gasteiger charge is 2.28. The zero-order valence-electron chi connectivity index (χ0n) is 13.0. The summed E-state index contributed by atoms with van der Waals surface area (Å²) in [6.07, 6.45) is 1.82. The number of nitrogens with zero attached hydrogens (tertiary/aromatic N) is 1. The summed E-state index contributed by atoms with van der Waals surface area (Å²) in [5.74, 6) is 0.282. The van der Waals surface area contributed by atoms with Crippen LogP contribution in [-0.2, 0) is 9.59 Å². The molecule has 2 atom stereocenters. The Hall–Kier alpha value is -1.60. The largest absolute Gasteiger partial charge is 0.482 e. The summed E-state index contributed by atoms with van der Waals surface area (Å²) in [5, 5.41) is 6.39. The maximum absolute atomic E-state index is 12.3. The lowest BCUT2D eigenvalue weighted by atomic mass is 10.0. The van der Waals surface area contributed by atoms with Gasteiger partial charge in [0.1, 0.15) is 12.3 Å². The number of nitrogens with one attached hydrogen (secondary N) is 2. The van der Waals surface area contributed by atoms with Gasteiger partial charge in [-0.1, -0.05) is 15.9 Å². The van der Waals surface area contributed by atoms with Crippen molar-refractivity contribution in [3.63, 3.8) is 0 Å². The summed E-state index contributed by atoms with van der Waals surface area (Å²) in [6, 6.07) is 5.99. The standard InChI is InChI=1S/C16H20BrN3O3/c1-10-6-12(4-5-18-10)19-15(21)8-20-13-3-2-11(17)7-14(13)23-9-16(20)22/h2-3,7,10,12,18H,4-6,8-9H2,1H3,(H,19,21). The van der Waals surface area contributed by atoms with E-state index in [0.29, 0.717) is 17.5 Å². The van der Waals surface area contributed by atoms with Crippen LogP contribution in [0.1, 0.15) is 19.8 Å². The first-order chi connectivity index (χ1) is 11.0. The fourth-order valence-electron chi connectivity index (χ4n) is 3.03. The quantitative estimate of drug-likeness (QED) is 0.830. The lowest BCUT2D eigenvalue weighted by Crippen LogP contribution is -2.50. The van der Waals surface area contributed by atoms with Gasteiger partial charge < -0.3 is 15.4 Å². The third kappa shape index (κ3) is 3.84. The van der Waals surface area contributed by atoms with E-state index in [1.807, 2.05) is 6.07 Å². The second kappa shape index (κ2) is 6.88. The molecule has 2 unspecified atom stereocenters. The van der Waals surface area contributed by atoms with Gasteiger partial charge in [0.05, 0.1) is 5.69 Å². The van der Waals surface area contributed by atoms with Gasteiger partial charge in [0, 0.05) is 16.6 Å². The molecule has 2 N–H and O–H groups in total. The van der Waals surface area contributed by atoms with Crippen molar-refractivity contribution in [2.24, 2.45) is 0 Å². The predicted molar refractivity (Wildman–Crippen MR) is 90.6 cm³/mol. The molecule has 124 valence electrons. The lowest BCUT2D eigenvalue weighted by molar-refractivity contribution is -0.125. The zero-order chi connectivity index (χ0) is 16.4. The Morgan fingerprint density at radius 1 is 1.52 bits per heavy atom. The highest BCUT2D eigenvalue weighted by Crippen LogP contribution is 2.34. The van der Waals surface area contributed by atoms with E-state index < -0.39 is 0 Å². The molecule has 2 aliphatic heterocycles. The first-order valence-electron chi connectivity index (χ1n) is 7.78. The summed E-state index contributed by atoms with van der Waals surface area (Å²) in [5.41, 5.74) is 0.637. The second-order valence-electron chi connectivity index (χ2n) is 6.02. The number of ether oxygens (including phenoxy) is 1. The zero-order valence-corrected chi connectivity index (χ0v) is 14.6. The van der Waals surface area contributed by atoms with E-state index in [0.717, 1.165) is 23.9 Å². The minimum absolute atomic E-state index is 0.0230. The van der Waals surface area contributed by atoms with Gasteiger partial charge in [-0.25, -0.2) is 0 Å². The molecule has 23 heavy (non-hydrogen) atoms. The van der Waals surface area contributed by atoms with Crippen molar-refractivity contribution in [3.8, 4) is 5.75 Å². The number of hydrogen-bond acceptors (Lipinski definition) is 4. The minimum Gasteiger partial charge on any atom is -0.482 e. The molecule has 2 heterocycles. The molecular weight excluding hydrogens is 362 g/mol. The van der Waals surface area contributed by atoms with Crippen LogP contribution in [0.4, 0.5) is 5.69 Å². The molecule has 1 fully saturated rings. The Morgan fingerprint density at radius 2 is 2.35 bits per heavy atom. The summed E-state index contributed by atoms with van der Waals surface area (Å²) >= 11 is 3.38. The van der Waals surface area contributed by atoms with Crippen molar-refractivity contribution in [1.29, 1.82) is 0 Å². The number of carbonyl (C=O) groups is 2. The SMILES string of the molecule is CC1CC(NC(=O)CN2C(=O)COc3cc(Br)ccc32)CCN1. The number of hydrogen-bond donors (Lipinski definition) is 2. The van der Waals surface area contributed by atoms with Crippen LogP contribution in [0.25, 0.3) is 0 Å². The number of anilines is 1. The molecule has 1 saturated heterocycles. The van der Waals surface area contributed by atoms with Gasteiger partial charge in [-0.05, 0) is 44.5 Å². The highest BCUT2D eigenvalue weighted by atomic mass is 79.9. The fraction of sp³-hybridized carbons (Fsp3) is 0.500. The summed E-state index contributed by atoms with van der Waals surface area (Å²) in [7, 11) is 0. The number of piperidine rings is 1. The predicted octanol–water partition coefficient (Wildman–Crippen LogP) is 1.43. The molecule has 0 bridgehead atoms. The van der Waals surface area contributed by atoms with Gasteiger partial charge in [-0.15, -0.1) is 0 Å². The monoisotopic (exact) mass is 381 g/mol. The molecule has 3 rings (SSSR count). The van der Waals surface area contributed by atoms with E-state index in [2.05, 4.69) is 33.5 Å². The van der Waals surface area contributed by atoms with E-state index in [9.17, 15) is 9.59 Å². The summed E-state index contributed by atoms with van der Waals surface area (Å²) in [6.45, 7) is 2.99. The Balaban J connectivity index is 1.67. The van der Waals surface area contributed by atoms with Gasteiger partial charge in [0.15, 0.2) is 6.61 Å². The van der Waals surface area contributed by atoms with E-state index in [-0.39, 0.29) is 31.0 Å².